The van der Waals surface area contributed by atoms with Crippen LogP contribution >= 0.6 is 0 Å². The van der Waals surface area contributed by atoms with Gasteiger partial charge in [0.25, 0.3) is 0 Å². The van der Waals surface area contributed by atoms with E-state index in [0.29, 0.717) is 23.1 Å². The molecule has 0 unspecified atom stereocenters. The second-order valence-electron chi connectivity index (χ2n) is 4.99. The Hall–Kier alpha value is -2.19. The van der Waals surface area contributed by atoms with Crippen LogP contribution in [0, 0.1) is 11.6 Å². The number of para-hydroxylation sites is 1. The first-order valence-electron chi connectivity index (χ1n) is 6.92. The minimum absolute atomic E-state index is 0.0261. The first-order valence-corrected chi connectivity index (χ1v) is 8.36. The molecule has 24 heavy (non-hydrogen) atoms. The van der Waals surface area contributed by atoms with E-state index in [0.717, 1.165) is 16.4 Å². The highest BCUT2D eigenvalue weighted by Crippen LogP contribution is 2.32. The van der Waals surface area contributed by atoms with E-state index in [9.17, 15) is 17.2 Å². The zero-order chi connectivity index (χ0) is 17.9. The van der Waals surface area contributed by atoms with Gasteiger partial charge in [-0.05, 0) is 24.3 Å². The lowest BCUT2D eigenvalue weighted by Gasteiger charge is -2.19. The minimum atomic E-state index is -3.99. The van der Waals surface area contributed by atoms with Crippen molar-refractivity contribution in [2.45, 2.75) is 11.4 Å². The van der Waals surface area contributed by atoms with Crippen LogP contribution in [0.25, 0.3) is 0 Å². The van der Waals surface area contributed by atoms with Gasteiger partial charge in [0.2, 0.25) is 10.0 Å². The van der Waals surface area contributed by atoms with E-state index in [4.69, 9.17) is 9.47 Å². The SMILES string of the molecule is COc1cccc(CN(C)S(=O)(=O)c2ccc(F)c(F)c2)c1OC. The van der Waals surface area contributed by atoms with Crippen LogP contribution in [0.1, 0.15) is 5.56 Å². The van der Waals surface area contributed by atoms with Crippen LogP contribution in [0.3, 0.4) is 0 Å². The Morgan fingerprint density at radius 3 is 2.33 bits per heavy atom. The summed E-state index contributed by atoms with van der Waals surface area (Å²) in [6, 6.07) is 7.54. The molecule has 0 aromatic heterocycles. The van der Waals surface area contributed by atoms with Crippen LogP contribution in [0.2, 0.25) is 0 Å². The third-order valence-electron chi connectivity index (χ3n) is 3.48. The van der Waals surface area contributed by atoms with Gasteiger partial charge in [0.15, 0.2) is 23.1 Å². The van der Waals surface area contributed by atoms with E-state index in [1.807, 2.05) is 0 Å². The standard InChI is InChI=1S/C16H17F2NO4S/c1-19(10-11-5-4-6-15(22-2)16(11)23-3)24(20,21)12-7-8-13(17)14(18)9-12/h4-9H,10H2,1-3H3. The van der Waals surface area contributed by atoms with Crippen LogP contribution in [-0.2, 0) is 16.6 Å². The highest BCUT2D eigenvalue weighted by Gasteiger charge is 2.24. The first kappa shape index (κ1) is 18.2. The molecule has 0 bridgehead atoms. The Morgan fingerprint density at radius 1 is 1.04 bits per heavy atom. The van der Waals surface area contributed by atoms with E-state index in [1.165, 1.54) is 21.3 Å². The molecule has 130 valence electrons. The fraction of sp³-hybridized carbons (Fsp3) is 0.250. The van der Waals surface area contributed by atoms with Gasteiger partial charge >= 0.3 is 0 Å². The molecule has 2 aromatic rings. The molecule has 0 aliphatic rings. The quantitative estimate of drug-likeness (QED) is 0.798. The summed E-state index contributed by atoms with van der Waals surface area (Å²) in [4.78, 5) is -0.328. The fourth-order valence-electron chi connectivity index (χ4n) is 2.22. The number of ether oxygens (including phenoxy) is 2. The van der Waals surface area contributed by atoms with Gasteiger partial charge in [-0.2, -0.15) is 4.31 Å². The number of sulfonamides is 1. The van der Waals surface area contributed by atoms with E-state index < -0.39 is 21.7 Å². The van der Waals surface area contributed by atoms with Gasteiger partial charge in [0.05, 0.1) is 19.1 Å². The van der Waals surface area contributed by atoms with E-state index in [-0.39, 0.29) is 11.4 Å². The van der Waals surface area contributed by atoms with Crippen LogP contribution in [0.5, 0.6) is 11.5 Å². The van der Waals surface area contributed by atoms with Crippen molar-refractivity contribution in [3.05, 3.63) is 53.6 Å². The fourth-order valence-corrected chi connectivity index (χ4v) is 3.38. The van der Waals surface area contributed by atoms with Crippen LogP contribution in [-0.4, -0.2) is 34.0 Å². The molecule has 0 atom stereocenters. The summed E-state index contributed by atoms with van der Waals surface area (Å²) in [5.74, 6) is -1.45. The van der Waals surface area contributed by atoms with Gasteiger partial charge in [0.1, 0.15) is 0 Å². The third kappa shape index (κ3) is 3.49. The number of halogens is 2. The van der Waals surface area contributed by atoms with Crippen molar-refractivity contribution >= 4 is 10.0 Å². The molecule has 0 spiro atoms. The van der Waals surface area contributed by atoms with Crippen molar-refractivity contribution in [3.8, 4) is 11.5 Å². The van der Waals surface area contributed by atoms with Crippen molar-refractivity contribution in [1.29, 1.82) is 0 Å². The Kier molecular flexibility index (Phi) is 5.40. The number of nitrogens with zero attached hydrogens (tertiary/aromatic N) is 1. The topological polar surface area (TPSA) is 55.8 Å². The molecule has 5 nitrogen and oxygen atoms in total. The van der Waals surface area contributed by atoms with Gasteiger partial charge in [-0.15, -0.1) is 0 Å². The van der Waals surface area contributed by atoms with E-state index in [1.54, 1.807) is 18.2 Å². The van der Waals surface area contributed by atoms with Crippen molar-refractivity contribution in [2.24, 2.45) is 0 Å². The maximum absolute atomic E-state index is 13.3. The molecular weight excluding hydrogens is 340 g/mol. The second-order valence-corrected chi connectivity index (χ2v) is 7.03. The molecule has 0 radical (unpaired) electrons. The van der Waals surface area contributed by atoms with Crippen LogP contribution < -0.4 is 9.47 Å². The molecule has 0 saturated carbocycles. The number of benzene rings is 2. The monoisotopic (exact) mass is 357 g/mol. The van der Waals surface area contributed by atoms with Crippen LogP contribution in [0.15, 0.2) is 41.3 Å². The minimum Gasteiger partial charge on any atom is -0.493 e. The number of hydrogen-bond donors (Lipinski definition) is 0. The Morgan fingerprint density at radius 2 is 1.75 bits per heavy atom. The molecule has 0 heterocycles. The normalized spacial score (nSPS) is 11.6. The van der Waals surface area contributed by atoms with E-state index >= 15 is 0 Å². The average molecular weight is 357 g/mol. The Balaban J connectivity index is 2.35. The maximum atomic E-state index is 13.3. The molecule has 0 aliphatic carbocycles. The highest BCUT2D eigenvalue weighted by molar-refractivity contribution is 7.89. The number of hydrogen-bond acceptors (Lipinski definition) is 4. The predicted molar refractivity (Wildman–Crippen MR) is 84.6 cm³/mol. The molecule has 0 saturated heterocycles. The molecule has 0 amide bonds. The van der Waals surface area contributed by atoms with Gasteiger partial charge in [-0.25, -0.2) is 17.2 Å². The first-order chi connectivity index (χ1) is 11.3. The zero-order valence-electron chi connectivity index (χ0n) is 13.4. The Labute approximate surface area is 139 Å². The van der Waals surface area contributed by atoms with Crippen molar-refractivity contribution in [3.63, 3.8) is 0 Å². The highest BCUT2D eigenvalue weighted by atomic mass is 32.2. The van der Waals surface area contributed by atoms with Crippen molar-refractivity contribution in [1.82, 2.24) is 4.31 Å². The zero-order valence-corrected chi connectivity index (χ0v) is 14.2. The summed E-state index contributed by atoms with van der Waals surface area (Å²) in [7, 11) is 0.277. The summed E-state index contributed by atoms with van der Waals surface area (Å²) in [5, 5.41) is 0. The lowest BCUT2D eigenvalue weighted by molar-refractivity contribution is 0.347. The van der Waals surface area contributed by atoms with Gasteiger partial charge in [-0.3, -0.25) is 0 Å². The van der Waals surface area contributed by atoms with Crippen LogP contribution in [0.4, 0.5) is 8.78 Å². The summed E-state index contributed by atoms with van der Waals surface area (Å²) in [5.41, 5.74) is 0.575. The summed E-state index contributed by atoms with van der Waals surface area (Å²) < 4.78 is 62.8. The Bertz CT molecular complexity index is 840. The van der Waals surface area contributed by atoms with Gasteiger partial charge < -0.3 is 9.47 Å². The molecular formula is C16H17F2NO4S. The maximum Gasteiger partial charge on any atom is 0.243 e. The lowest BCUT2D eigenvalue weighted by atomic mass is 10.2. The molecule has 2 aromatic carbocycles. The molecule has 0 aliphatic heterocycles. The molecule has 0 fully saturated rings. The lowest BCUT2D eigenvalue weighted by Crippen LogP contribution is -2.27. The van der Waals surface area contributed by atoms with Gasteiger partial charge in [0, 0.05) is 19.2 Å². The predicted octanol–water partition coefficient (Wildman–Crippen LogP) is 2.80. The smallest absolute Gasteiger partial charge is 0.243 e. The largest absolute Gasteiger partial charge is 0.493 e. The number of methoxy groups -OCH3 is 2. The van der Waals surface area contributed by atoms with Gasteiger partial charge in [-0.1, -0.05) is 12.1 Å². The number of rotatable bonds is 6. The molecule has 0 N–H and O–H groups in total. The summed E-state index contributed by atoms with van der Waals surface area (Å²) in [6.07, 6.45) is 0. The van der Waals surface area contributed by atoms with E-state index in [2.05, 4.69) is 0 Å². The summed E-state index contributed by atoms with van der Waals surface area (Å²) in [6.45, 7) is -0.0261. The molecule has 8 heteroatoms. The summed E-state index contributed by atoms with van der Waals surface area (Å²) >= 11 is 0. The average Bonchev–Trinajstić information content (AvgIpc) is 2.56. The van der Waals surface area contributed by atoms with Crippen molar-refractivity contribution in [2.75, 3.05) is 21.3 Å². The third-order valence-corrected chi connectivity index (χ3v) is 5.28. The second kappa shape index (κ2) is 7.14. The molecule has 2 rings (SSSR count). The van der Waals surface area contributed by atoms with Crippen molar-refractivity contribution < 1.29 is 26.7 Å².